The molecule has 0 radical (unpaired) electrons. The molecule has 18 heavy (non-hydrogen) atoms. The Hall–Kier alpha value is -2.37. The van der Waals surface area contributed by atoms with Crippen molar-refractivity contribution in [3.05, 3.63) is 51.8 Å². The Morgan fingerprint density at radius 2 is 2.28 bits per heavy atom. The molecule has 1 atom stereocenters. The van der Waals surface area contributed by atoms with Crippen LogP contribution in [0.5, 0.6) is 0 Å². The van der Waals surface area contributed by atoms with Gasteiger partial charge in [0, 0.05) is 29.1 Å². The Morgan fingerprint density at radius 3 is 2.83 bits per heavy atom. The van der Waals surface area contributed by atoms with Gasteiger partial charge in [0.25, 0.3) is 5.69 Å². The van der Waals surface area contributed by atoms with Gasteiger partial charge in [-0.15, -0.1) is 0 Å². The Bertz CT molecular complexity index is 551. The number of aromatic amines is 1. The van der Waals surface area contributed by atoms with Gasteiger partial charge in [0.2, 0.25) is 0 Å². The lowest BCUT2D eigenvalue weighted by molar-refractivity contribution is -0.385. The molecule has 0 aliphatic heterocycles. The van der Waals surface area contributed by atoms with Crippen LogP contribution >= 0.6 is 0 Å². The van der Waals surface area contributed by atoms with Crippen LogP contribution in [0, 0.1) is 17.0 Å². The first-order valence-corrected chi connectivity index (χ1v) is 5.58. The van der Waals surface area contributed by atoms with E-state index in [0.29, 0.717) is 5.56 Å². The number of anilines is 1. The van der Waals surface area contributed by atoms with Crippen LogP contribution in [0.3, 0.4) is 0 Å². The van der Waals surface area contributed by atoms with E-state index in [2.05, 4.69) is 15.5 Å². The molecule has 6 nitrogen and oxygen atoms in total. The van der Waals surface area contributed by atoms with E-state index in [4.69, 9.17) is 0 Å². The maximum absolute atomic E-state index is 10.7. The molecule has 6 heteroatoms. The third kappa shape index (κ3) is 2.48. The fourth-order valence-corrected chi connectivity index (χ4v) is 1.78. The number of nitrogens with one attached hydrogen (secondary N) is 2. The second-order valence-electron chi connectivity index (χ2n) is 4.16. The molecular weight excluding hydrogens is 232 g/mol. The number of aromatic nitrogens is 2. The SMILES string of the molecule is Cc1cc(NC(C)c2cn[nH]c2)ccc1[N+](=O)[O-]. The smallest absolute Gasteiger partial charge is 0.272 e. The third-order valence-corrected chi connectivity index (χ3v) is 2.80. The molecule has 0 fully saturated rings. The first-order chi connectivity index (χ1) is 8.58. The normalized spacial score (nSPS) is 12.1. The summed E-state index contributed by atoms with van der Waals surface area (Å²) in [6.45, 7) is 3.73. The lowest BCUT2D eigenvalue weighted by Crippen LogP contribution is -2.06. The van der Waals surface area contributed by atoms with Gasteiger partial charge in [-0.3, -0.25) is 15.2 Å². The van der Waals surface area contributed by atoms with Crippen molar-refractivity contribution < 1.29 is 4.92 Å². The van der Waals surface area contributed by atoms with Gasteiger partial charge < -0.3 is 5.32 Å². The summed E-state index contributed by atoms with van der Waals surface area (Å²) < 4.78 is 0. The molecule has 1 aromatic heterocycles. The summed E-state index contributed by atoms with van der Waals surface area (Å²) in [4.78, 5) is 10.3. The number of H-pyrrole nitrogens is 1. The molecule has 0 bridgehead atoms. The number of benzene rings is 1. The minimum absolute atomic E-state index is 0.0876. The van der Waals surface area contributed by atoms with Crippen LogP contribution in [-0.2, 0) is 0 Å². The van der Waals surface area contributed by atoms with Crippen LogP contribution in [0.1, 0.15) is 24.1 Å². The lowest BCUT2D eigenvalue weighted by Gasteiger charge is -2.13. The zero-order chi connectivity index (χ0) is 13.1. The predicted molar refractivity (Wildman–Crippen MR) is 68.5 cm³/mol. The minimum Gasteiger partial charge on any atom is -0.378 e. The first-order valence-electron chi connectivity index (χ1n) is 5.58. The van der Waals surface area contributed by atoms with E-state index in [9.17, 15) is 10.1 Å². The Morgan fingerprint density at radius 1 is 1.50 bits per heavy atom. The summed E-state index contributed by atoms with van der Waals surface area (Å²) in [6, 6.07) is 5.08. The third-order valence-electron chi connectivity index (χ3n) is 2.80. The molecule has 0 saturated carbocycles. The summed E-state index contributed by atoms with van der Waals surface area (Å²) in [6.07, 6.45) is 3.56. The zero-order valence-electron chi connectivity index (χ0n) is 10.2. The van der Waals surface area contributed by atoms with Crippen molar-refractivity contribution in [2.75, 3.05) is 5.32 Å². The molecule has 1 unspecified atom stereocenters. The van der Waals surface area contributed by atoms with Crippen molar-refractivity contribution in [3.8, 4) is 0 Å². The van der Waals surface area contributed by atoms with Crippen LogP contribution in [-0.4, -0.2) is 15.1 Å². The fourth-order valence-electron chi connectivity index (χ4n) is 1.78. The summed E-state index contributed by atoms with van der Waals surface area (Å²) in [5.41, 5.74) is 2.67. The predicted octanol–water partition coefficient (Wildman–Crippen LogP) is 2.80. The van der Waals surface area contributed by atoms with Gasteiger partial charge in [0.05, 0.1) is 17.2 Å². The van der Waals surface area contributed by atoms with E-state index in [1.165, 1.54) is 6.07 Å². The molecule has 1 heterocycles. The zero-order valence-corrected chi connectivity index (χ0v) is 10.2. The standard InChI is InChI=1S/C12H14N4O2/c1-8-5-11(3-4-12(8)16(17)18)15-9(2)10-6-13-14-7-10/h3-7,9,15H,1-2H3,(H,13,14). The molecule has 2 N–H and O–H groups in total. The Labute approximate surface area is 104 Å². The maximum atomic E-state index is 10.7. The van der Waals surface area contributed by atoms with Crippen molar-refractivity contribution >= 4 is 11.4 Å². The Balaban J connectivity index is 2.15. The number of aryl methyl sites for hydroxylation is 1. The number of nitro groups is 1. The molecule has 0 amide bonds. The largest absolute Gasteiger partial charge is 0.378 e. The van der Waals surface area contributed by atoms with Gasteiger partial charge in [-0.05, 0) is 26.0 Å². The molecule has 2 aromatic rings. The second kappa shape index (κ2) is 4.87. The van der Waals surface area contributed by atoms with Crippen molar-refractivity contribution in [1.29, 1.82) is 0 Å². The number of nitro benzene ring substituents is 1. The second-order valence-corrected chi connectivity index (χ2v) is 4.16. The molecular formula is C12H14N4O2. The van der Waals surface area contributed by atoms with Crippen LogP contribution in [0.15, 0.2) is 30.6 Å². The highest BCUT2D eigenvalue weighted by atomic mass is 16.6. The van der Waals surface area contributed by atoms with E-state index in [1.807, 2.05) is 13.1 Å². The van der Waals surface area contributed by atoms with E-state index in [1.54, 1.807) is 25.3 Å². The average Bonchev–Trinajstić information content (AvgIpc) is 2.81. The van der Waals surface area contributed by atoms with E-state index in [-0.39, 0.29) is 16.7 Å². The monoisotopic (exact) mass is 246 g/mol. The number of rotatable bonds is 4. The van der Waals surface area contributed by atoms with Gasteiger partial charge >= 0.3 is 0 Å². The van der Waals surface area contributed by atoms with Crippen molar-refractivity contribution in [1.82, 2.24) is 10.2 Å². The lowest BCUT2D eigenvalue weighted by atomic mass is 10.1. The molecule has 0 saturated heterocycles. The number of hydrogen-bond acceptors (Lipinski definition) is 4. The van der Waals surface area contributed by atoms with Crippen molar-refractivity contribution in [3.63, 3.8) is 0 Å². The van der Waals surface area contributed by atoms with Crippen LogP contribution in [0.25, 0.3) is 0 Å². The van der Waals surface area contributed by atoms with Gasteiger partial charge in [-0.1, -0.05) is 0 Å². The highest BCUT2D eigenvalue weighted by Gasteiger charge is 2.12. The highest BCUT2D eigenvalue weighted by molar-refractivity contribution is 5.54. The van der Waals surface area contributed by atoms with Gasteiger partial charge in [0.15, 0.2) is 0 Å². The van der Waals surface area contributed by atoms with E-state index in [0.717, 1.165) is 11.3 Å². The fraction of sp³-hybridized carbons (Fsp3) is 0.250. The molecule has 1 aromatic carbocycles. The average molecular weight is 246 g/mol. The van der Waals surface area contributed by atoms with E-state index < -0.39 is 0 Å². The Kier molecular flexibility index (Phi) is 3.27. The minimum atomic E-state index is -0.376. The summed E-state index contributed by atoms with van der Waals surface area (Å²) >= 11 is 0. The molecule has 0 aliphatic rings. The van der Waals surface area contributed by atoms with Gasteiger partial charge in [0.1, 0.15) is 0 Å². The van der Waals surface area contributed by atoms with Crippen LogP contribution < -0.4 is 5.32 Å². The topological polar surface area (TPSA) is 83.8 Å². The maximum Gasteiger partial charge on any atom is 0.272 e. The molecule has 94 valence electrons. The molecule has 2 rings (SSSR count). The van der Waals surface area contributed by atoms with Crippen molar-refractivity contribution in [2.24, 2.45) is 0 Å². The summed E-state index contributed by atoms with van der Waals surface area (Å²) in [5.74, 6) is 0. The summed E-state index contributed by atoms with van der Waals surface area (Å²) in [7, 11) is 0. The highest BCUT2D eigenvalue weighted by Crippen LogP contribution is 2.24. The number of nitrogens with zero attached hydrogens (tertiary/aromatic N) is 2. The summed E-state index contributed by atoms with van der Waals surface area (Å²) in [5, 5.41) is 20.6. The van der Waals surface area contributed by atoms with Gasteiger partial charge in [-0.2, -0.15) is 5.10 Å². The van der Waals surface area contributed by atoms with Crippen LogP contribution in [0.4, 0.5) is 11.4 Å². The van der Waals surface area contributed by atoms with Crippen LogP contribution in [0.2, 0.25) is 0 Å². The van der Waals surface area contributed by atoms with E-state index >= 15 is 0 Å². The quantitative estimate of drug-likeness (QED) is 0.641. The molecule has 0 aliphatic carbocycles. The van der Waals surface area contributed by atoms with Crippen molar-refractivity contribution in [2.45, 2.75) is 19.9 Å². The van der Waals surface area contributed by atoms with Gasteiger partial charge in [-0.25, -0.2) is 0 Å². The first kappa shape index (κ1) is 12.1. The number of hydrogen-bond donors (Lipinski definition) is 2. The molecule has 0 spiro atoms.